The van der Waals surface area contributed by atoms with Crippen LogP contribution < -0.4 is 10.1 Å². The van der Waals surface area contributed by atoms with Crippen LogP contribution in [0.15, 0.2) is 60.2 Å². The molecule has 3 aromatic heterocycles. The third kappa shape index (κ3) is 4.17. The molecule has 0 saturated heterocycles. The Hall–Kier alpha value is -3.59. The van der Waals surface area contributed by atoms with E-state index in [-0.39, 0.29) is 5.82 Å². The number of thiophene rings is 1. The van der Waals surface area contributed by atoms with Crippen molar-refractivity contribution in [2.75, 3.05) is 26.9 Å². The summed E-state index contributed by atoms with van der Waals surface area (Å²) in [5.74, 6) is 0.105. The highest BCUT2D eigenvalue weighted by atomic mass is 32.1. The number of aromatic amines is 1. The van der Waals surface area contributed by atoms with Gasteiger partial charge in [-0.2, -0.15) is 5.10 Å². The first-order chi connectivity index (χ1) is 17.7. The van der Waals surface area contributed by atoms with Gasteiger partial charge >= 0.3 is 0 Å². The van der Waals surface area contributed by atoms with Crippen molar-refractivity contribution in [3.63, 3.8) is 0 Å². The minimum atomic E-state index is -0.355. The van der Waals surface area contributed by atoms with E-state index in [1.54, 1.807) is 30.7 Å². The van der Waals surface area contributed by atoms with E-state index in [1.165, 1.54) is 23.3 Å². The Morgan fingerprint density at radius 2 is 1.97 bits per heavy atom. The predicted octanol–water partition coefficient (Wildman–Crippen LogP) is 5.83. The highest BCUT2D eigenvalue weighted by Gasteiger charge is 2.23. The summed E-state index contributed by atoms with van der Waals surface area (Å²) in [7, 11) is 1.61. The van der Waals surface area contributed by atoms with Gasteiger partial charge in [0.1, 0.15) is 18.2 Å². The van der Waals surface area contributed by atoms with Gasteiger partial charge in [-0.1, -0.05) is 12.1 Å². The van der Waals surface area contributed by atoms with Gasteiger partial charge in [-0.15, -0.1) is 11.3 Å². The first-order valence-electron chi connectivity index (χ1n) is 11.9. The minimum absolute atomic E-state index is 0.317. The second-order valence-corrected chi connectivity index (χ2v) is 9.64. The lowest BCUT2D eigenvalue weighted by Gasteiger charge is -2.19. The molecule has 0 radical (unpaired) electrons. The molecule has 0 atom stereocenters. The summed E-state index contributed by atoms with van der Waals surface area (Å²) in [6, 6.07) is 13.4. The third-order valence-corrected chi connectivity index (χ3v) is 7.44. The fraction of sp³-hybridized carbons (Fsp3) is 0.214. The predicted molar refractivity (Wildman–Crippen MR) is 141 cm³/mol. The largest absolute Gasteiger partial charge is 0.490 e. The van der Waals surface area contributed by atoms with Crippen molar-refractivity contribution in [1.29, 1.82) is 0 Å². The van der Waals surface area contributed by atoms with Gasteiger partial charge in [0.05, 0.1) is 24.2 Å². The zero-order valence-corrected chi connectivity index (χ0v) is 20.6. The number of fused-ring (bicyclic) bond motifs is 2. The lowest BCUT2D eigenvalue weighted by Crippen LogP contribution is -2.23. The van der Waals surface area contributed by atoms with Crippen LogP contribution in [0.5, 0.6) is 5.75 Å². The van der Waals surface area contributed by atoms with Crippen LogP contribution in [-0.4, -0.2) is 42.0 Å². The molecule has 6 rings (SSSR count). The molecule has 0 spiro atoms. The number of pyridine rings is 1. The van der Waals surface area contributed by atoms with E-state index in [9.17, 15) is 4.39 Å². The van der Waals surface area contributed by atoms with Crippen molar-refractivity contribution in [2.45, 2.75) is 13.0 Å². The van der Waals surface area contributed by atoms with Crippen LogP contribution in [0.25, 0.3) is 43.7 Å². The Balaban J connectivity index is 1.59. The van der Waals surface area contributed by atoms with E-state index in [0.29, 0.717) is 19.0 Å². The molecule has 4 heterocycles. The van der Waals surface area contributed by atoms with Crippen molar-refractivity contribution in [3.8, 4) is 39.4 Å². The Morgan fingerprint density at radius 3 is 2.83 bits per heavy atom. The molecule has 1 aliphatic rings. The lowest BCUT2D eigenvalue weighted by molar-refractivity contribution is 0.146. The average molecular weight is 501 g/mol. The molecule has 36 heavy (non-hydrogen) atoms. The second kappa shape index (κ2) is 9.81. The molecule has 0 saturated carbocycles. The molecule has 0 unspecified atom stereocenters. The van der Waals surface area contributed by atoms with Crippen LogP contribution in [0.3, 0.4) is 0 Å². The summed E-state index contributed by atoms with van der Waals surface area (Å²) in [6.45, 7) is 2.60. The molecule has 5 aromatic rings. The van der Waals surface area contributed by atoms with E-state index in [4.69, 9.17) is 14.5 Å². The molecular formula is C28H25FN4O2S. The first-order valence-corrected chi connectivity index (χ1v) is 12.8. The van der Waals surface area contributed by atoms with Gasteiger partial charge < -0.3 is 14.8 Å². The number of benzene rings is 2. The maximum absolute atomic E-state index is 14.3. The van der Waals surface area contributed by atoms with Gasteiger partial charge in [-0.25, -0.2) is 9.37 Å². The number of aromatic nitrogens is 3. The number of nitrogens with one attached hydrogen (secondary N) is 2. The molecule has 0 fully saturated rings. The number of methoxy groups -OCH3 is 1. The van der Waals surface area contributed by atoms with Gasteiger partial charge in [-0.3, -0.25) is 5.10 Å². The molecule has 2 N–H and O–H groups in total. The van der Waals surface area contributed by atoms with E-state index >= 15 is 0 Å². The fourth-order valence-corrected chi connectivity index (χ4v) is 5.72. The quantitative estimate of drug-likeness (QED) is 0.275. The van der Waals surface area contributed by atoms with E-state index in [1.807, 2.05) is 6.20 Å². The van der Waals surface area contributed by atoms with E-state index in [2.05, 4.69) is 45.2 Å². The lowest BCUT2D eigenvalue weighted by atomic mass is 9.93. The third-order valence-electron chi connectivity index (χ3n) is 6.50. The number of nitrogens with zero attached hydrogens (tertiary/aromatic N) is 2. The Kier molecular flexibility index (Phi) is 6.23. The van der Waals surface area contributed by atoms with Crippen molar-refractivity contribution in [2.24, 2.45) is 0 Å². The molecule has 8 heteroatoms. The SMILES string of the molecule is COCCOc1cc(F)ccc1-c1c(-c2cn[nH]c2)nc(-c2ccc3c(c2)CCNC3)c2ccsc12. The minimum Gasteiger partial charge on any atom is -0.490 e. The van der Waals surface area contributed by atoms with Gasteiger partial charge in [-0.05, 0) is 53.7 Å². The normalized spacial score (nSPS) is 13.2. The molecular weight excluding hydrogens is 475 g/mol. The van der Waals surface area contributed by atoms with Gasteiger partial charge in [0.2, 0.25) is 0 Å². The molecule has 6 nitrogen and oxygen atoms in total. The monoisotopic (exact) mass is 500 g/mol. The molecule has 2 aromatic carbocycles. The molecule has 0 bridgehead atoms. The number of hydrogen-bond donors (Lipinski definition) is 2. The fourth-order valence-electron chi connectivity index (χ4n) is 4.77. The molecule has 0 amide bonds. The Labute approximate surface area is 212 Å². The molecule has 182 valence electrons. The number of ether oxygens (including phenoxy) is 2. The van der Waals surface area contributed by atoms with Crippen LogP contribution in [0.1, 0.15) is 11.1 Å². The summed E-state index contributed by atoms with van der Waals surface area (Å²) in [5.41, 5.74) is 8.03. The van der Waals surface area contributed by atoms with Crippen LogP contribution in [0, 0.1) is 5.82 Å². The highest BCUT2D eigenvalue weighted by Crippen LogP contribution is 2.46. The molecule has 1 aliphatic heterocycles. The van der Waals surface area contributed by atoms with Crippen molar-refractivity contribution < 1.29 is 13.9 Å². The van der Waals surface area contributed by atoms with Crippen LogP contribution in [0.2, 0.25) is 0 Å². The standard InChI is InChI=1S/C28H25FN4O2S/c1-34-9-10-35-24-13-21(29)4-5-22(24)25-27(20-15-31-32-16-20)33-26(23-7-11-36-28(23)25)18-2-3-19-14-30-8-6-17(19)12-18/h2-5,7,11-13,15-16,30H,6,8-10,14H2,1H3,(H,31,32). The summed E-state index contributed by atoms with van der Waals surface area (Å²) in [6.07, 6.45) is 4.60. The van der Waals surface area contributed by atoms with Gasteiger partial charge in [0, 0.05) is 58.3 Å². The summed E-state index contributed by atoms with van der Waals surface area (Å²) in [4.78, 5) is 5.23. The Bertz CT molecular complexity index is 1530. The summed E-state index contributed by atoms with van der Waals surface area (Å²) in [5, 5.41) is 13.7. The Morgan fingerprint density at radius 1 is 1.03 bits per heavy atom. The van der Waals surface area contributed by atoms with Crippen molar-refractivity contribution >= 4 is 21.4 Å². The number of hydrogen-bond acceptors (Lipinski definition) is 6. The number of rotatable bonds is 7. The van der Waals surface area contributed by atoms with Gasteiger partial charge in [0.15, 0.2) is 0 Å². The van der Waals surface area contributed by atoms with Gasteiger partial charge in [0.25, 0.3) is 0 Å². The van der Waals surface area contributed by atoms with E-state index in [0.717, 1.165) is 63.2 Å². The van der Waals surface area contributed by atoms with Crippen molar-refractivity contribution in [3.05, 3.63) is 77.2 Å². The molecule has 0 aliphatic carbocycles. The smallest absolute Gasteiger partial charge is 0.130 e. The maximum Gasteiger partial charge on any atom is 0.130 e. The zero-order valence-electron chi connectivity index (χ0n) is 19.8. The van der Waals surface area contributed by atoms with Crippen LogP contribution in [-0.2, 0) is 17.7 Å². The van der Waals surface area contributed by atoms with Crippen molar-refractivity contribution in [1.82, 2.24) is 20.5 Å². The van der Waals surface area contributed by atoms with Crippen LogP contribution in [0.4, 0.5) is 4.39 Å². The maximum atomic E-state index is 14.3. The summed E-state index contributed by atoms with van der Waals surface area (Å²) >= 11 is 1.64. The highest BCUT2D eigenvalue weighted by molar-refractivity contribution is 7.18. The van der Waals surface area contributed by atoms with Crippen LogP contribution >= 0.6 is 11.3 Å². The van der Waals surface area contributed by atoms with E-state index < -0.39 is 0 Å². The first kappa shape index (κ1) is 22.8. The topological polar surface area (TPSA) is 72.1 Å². The average Bonchev–Trinajstić information content (AvgIpc) is 3.61. The second-order valence-electron chi connectivity index (χ2n) is 8.73. The summed E-state index contributed by atoms with van der Waals surface area (Å²) < 4.78 is 26.5. The number of halogens is 1. The zero-order chi connectivity index (χ0) is 24.5. The number of H-pyrrole nitrogens is 1.